The van der Waals surface area contributed by atoms with E-state index in [9.17, 15) is 4.39 Å². The molecule has 0 atom stereocenters. The van der Waals surface area contributed by atoms with Crippen LogP contribution >= 0.6 is 0 Å². The molecule has 0 fully saturated rings. The lowest BCUT2D eigenvalue weighted by molar-refractivity contribution is 0.629. The molecular weight excluding hydrogens is 635 g/mol. The molecule has 6 heteroatoms. The van der Waals surface area contributed by atoms with Crippen molar-refractivity contribution in [1.82, 2.24) is 19.9 Å². The third-order valence-electron chi connectivity index (χ3n) is 9.25. The van der Waals surface area contributed by atoms with Crippen LogP contribution in [0.4, 0.5) is 8.78 Å². The summed E-state index contributed by atoms with van der Waals surface area (Å²) in [5.41, 5.74) is 9.40. The van der Waals surface area contributed by atoms with Crippen LogP contribution in [-0.4, -0.2) is 19.9 Å². The van der Waals surface area contributed by atoms with E-state index in [1.807, 2.05) is 54.6 Å². The highest BCUT2D eigenvalue weighted by atomic mass is 19.1. The second-order valence-corrected chi connectivity index (χ2v) is 12.4. The number of rotatable bonds is 6. The predicted octanol–water partition coefficient (Wildman–Crippen LogP) is 11.8. The lowest BCUT2D eigenvalue weighted by Gasteiger charge is -2.11. The number of aromatic amines is 1. The SMILES string of the molecule is Fc1ccccc1-c1nc(-c2ccccc2)nc(-c2ccc(-c3ccc(-c4ccc5c(c4)[nH]c4cc(-c6ccccc6)ccc45)cc3)cc2F)n1. The Morgan fingerprint density at radius 2 is 0.765 bits per heavy atom. The standard InChI is InChI=1S/C45H28F2N4/c46-39-14-8-7-13-37(39)44-49-43(31-11-5-2-6-12-31)50-45(51-44)38-24-21-32(25-40(38)47)29-15-17-30(18-16-29)34-20-23-36-35-22-19-33(28-9-3-1-4-10-28)26-41(35)48-42(36)27-34/h1-27,48H. The van der Waals surface area contributed by atoms with Crippen LogP contribution in [-0.2, 0) is 0 Å². The van der Waals surface area contributed by atoms with Gasteiger partial charge < -0.3 is 4.98 Å². The van der Waals surface area contributed by atoms with Crippen molar-refractivity contribution in [3.05, 3.63) is 175 Å². The van der Waals surface area contributed by atoms with Gasteiger partial charge in [-0.3, -0.25) is 0 Å². The number of hydrogen-bond acceptors (Lipinski definition) is 3. The molecule has 0 bridgehead atoms. The van der Waals surface area contributed by atoms with Crippen LogP contribution in [0.2, 0.25) is 0 Å². The molecule has 2 aromatic heterocycles. The Morgan fingerprint density at radius 3 is 1.33 bits per heavy atom. The molecule has 4 nitrogen and oxygen atoms in total. The van der Waals surface area contributed by atoms with Gasteiger partial charge in [-0.05, 0) is 69.8 Å². The maximum absolute atomic E-state index is 15.9. The summed E-state index contributed by atoms with van der Waals surface area (Å²) in [6.07, 6.45) is 0. The first kappa shape index (κ1) is 30.3. The Labute approximate surface area is 292 Å². The van der Waals surface area contributed by atoms with Crippen LogP contribution < -0.4 is 0 Å². The molecule has 0 amide bonds. The molecule has 0 radical (unpaired) electrons. The van der Waals surface area contributed by atoms with Gasteiger partial charge in [0.25, 0.3) is 0 Å². The first-order valence-electron chi connectivity index (χ1n) is 16.7. The molecule has 2 heterocycles. The smallest absolute Gasteiger partial charge is 0.167 e. The van der Waals surface area contributed by atoms with Crippen molar-refractivity contribution >= 4 is 21.8 Å². The largest absolute Gasteiger partial charge is 0.354 e. The van der Waals surface area contributed by atoms with Crippen molar-refractivity contribution in [3.63, 3.8) is 0 Å². The Morgan fingerprint density at radius 1 is 0.333 bits per heavy atom. The first-order valence-corrected chi connectivity index (χ1v) is 16.7. The molecule has 0 aliphatic rings. The Bertz CT molecular complexity index is 2700. The van der Waals surface area contributed by atoms with E-state index >= 15 is 4.39 Å². The van der Waals surface area contributed by atoms with Gasteiger partial charge in [-0.2, -0.15) is 0 Å². The number of nitrogens with one attached hydrogen (secondary N) is 1. The van der Waals surface area contributed by atoms with Crippen LogP contribution in [0.5, 0.6) is 0 Å². The number of fused-ring (bicyclic) bond motifs is 3. The van der Waals surface area contributed by atoms with Crippen molar-refractivity contribution < 1.29 is 8.78 Å². The summed E-state index contributed by atoms with van der Waals surface area (Å²) < 4.78 is 30.7. The summed E-state index contributed by atoms with van der Waals surface area (Å²) in [4.78, 5) is 17.3. The summed E-state index contributed by atoms with van der Waals surface area (Å²) in [5, 5.41) is 2.37. The van der Waals surface area contributed by atoms with Gasteiger partial charge >= 0.3 is 0 Å². The maximum atomic E-state index is 15.9. The van der Waals surface area contributed by atoms with Gasteiger partial charge in [0.05, 0.1) is 11.1 Å². The van der Waals surface area contributed by atoms with Crippen LogP contribution in [0.25, 0.3) is 89.4 Å². The molecule has 7 aromatic carbocycles. The van der Waals surface area contributed by atoms with Gasteiger partial charge in [0.1, 0.15) is 11.6 Å². The van der Waals surface area contributed by atoms with E-state index in [1.54, 1.807) is 24.3 Å². The molecule has 9 rings (SSSR count). The van der Waals surface area contributed by atoms with E-state index in [2.05, 4.69) is 92.7 Å². The fraction of sp³-hybridized carbons (Fsp3) is 0. The minimum Gasteiger partial charge on any atom is -0.354 e. The average molecular weight is 663 g/mol. The van der Waals surface area contributed by atoms with Crippen molar-refractivity contribution in [2.45, 2.75) is 0 Å². The quantitative estimate of drug-likeness (QED) is 0.193. The molecule has 0 aliphatic heterocycles. The van der Waals surface area contributed by atoms with E-state index in [-0.39, 0.29) is 22.8 Å². The van der Waals surface area contributed by atoms with Crippen LogP contribution in [0.1, 0.15) is 0 Å². The van der Waals surface area contributed by atoms with Crippen molar-refractivity contribution in [2.24, 2.45) is 0 Å². The van der Waals surface area contributed by atoms with Crippen LogP contribution in [0.3, 0.4) is 0 Å². The minimum absolute atomic E-state index is 0.130. The fourth-order valence-electron chi connectivity index (χ4n) is 6.61. The average Bonchev–Trinajstić information content (AvgIpc) is 3.56. The van der Waals surface area contributed by atoms with Gasteiger partial charge in [0.2, 0.25) is 0 Å². The summed E-state index contributed by atoms with van der Waals surface area (Å²) in [7, 11) is 0. The number of benzene rings is 7. The highest BCUT2D eigenvalue weighted by molar-refractivity contribution is 6.09. The van der Waals surface area contributed by atoms with Crippen molar-refractivity contribution in [2.75, 3.05) is 0 Å². The second kappa shape index (κ2) is 12.6. The van der Waals surface area contributed by atoms with Gasteiger partial charge in [-0.1, -0.05) is 127 Å². The summed E-state index contributed by atoms with van der Waals surface area (Å²) >= 11 is 0. The fourth-order valence-corrected chi connectivity index (χ4v) is 6.61. The predicted molar refractivity (Wildman–Crippen MR) is 202 cm³/mol. The molecule has 0 saturated carbocycles. The zero-order chi connectivity index (χ0) is 34.3. The molecule has 0 aliphatic carbocycles. The van der Waals surface area contributed by atoms with Gasteiger partial charge in [0, 0.05) is 27.4 Å². The van der Waals surface area contributed by atoms with E-state index in [0.29, 0.717) is 5.82 Å². The third-order valence-corrected chi connectivity index (χ3v) is 9.25. The molecule has 9 aromatic rings. The molecular formula is C45H28F2N4. The van der Waals surface area contributed by atoms with Crippen LogP contribution in [0, 0.1) is 11.6 Å². The normalized spacial score (nSPS) is 11.3. The number of aromatic nitrogens is 4. The van der Waals surface area contributed by atoms with Crippen molar-refractivity contribution in [3.8, 4) is 67.5 Å². The van der Waals surface area contributed by atoms with Gasteiger partial charge in [0.15, 0.2) is 17.5 Å². The number of nitrogens with zero attached hydrogens (tertiary/aromatic N) is 3. The maximum Gasteiger partial charge on any atom is 0.167 e. The van der Waals surface area contributed by atoms with E-state index in [1.165, 1.54) is 34.0 Å². The molecule has 0 unspecified atom stereocenters. The van der Waals surface area contributed by atoms with Gasteiger partial charge in [-0.15, -0.1) is 0 Å². The number of halogens is 2. The Balaban J connectivity index is 1.02. The van der Waals surface area contributed by atoms with E-state index in [4.69, 9.17) is 0 Å². The highest BCUT2D eigenvalue weighted by Crippen LogP contribution is 2.34. The van der Waals surface area contributed by atoms with Gasteiger partial charge in [-0.25, -0.2) is 23.7 Å². The molecule has 0 saturated heterocycles. The molecule has 242 valence electrons. The zero-order valence-corrected chi connectivity index (χ0v) is 27.2. The summed E-state index contributed by atoms with van der Waals surface area (Å²) in [6.45, 7) is 0. The minimum atomic E-state index is -0.485. The molecule has 0 spiro atoms. The summed E-state index contributed by atoms with van der Waals surface area (Å²) in [6, 6.07) is 52.1. The van der Waals surface area contributed by atoms with Crippen LogP contribution in [0.15, 0.2) is 164 Å². The second-order valence-electron chi connectivity index (χ2n) is 12.4. The Kier molecular flexibility index (Phi) is 7.47. The zero-order valence-electron chi connectivity index (χ0n) is 27.2. The number of hydrogen-bond donors (Lipinski definition) is 1. The lowest BCUT2D eigenvalue weighted by atomic mass is 9.98. The van der Waals surface area contributed by atoms with Crippen molar-refractivity contribution in [1.29, 1.82) is 0 Å². The number of H-pyrrole nitrogens is 1. The monoisotopic (exact) mass is 662 g/mol. The molecule has 1 N–H and O–H groups in total. The summed E-state index contributed by atoms with van der Waals surface area (Å²) in [5.74, 6) is -0.350. The molecule has 51 heavy (non-hydrogen) atoms. The lowest BCUT2D eigenvalue weighted by Crippen LogP contribution is -2.02. The highest BCUT2D eigenvalue weighted by Gasteiger charge is 2.17. The van der Waals surface area contributed by atoms with E-state index < -0.39 is 11.6 Å². The first-order chi connectivity index (χ1) is 25.1. The topological polar surface area (TPSA) is 54.5 Å². The van der Waals surface area contributed by atoms with E-state index in [0.717, 1.165) is 38.9 Å². The Hall–Kier alpha value is -6.79. The third kappa shape index (κ3) is 5.73.